The second-order valence-electron chi connectivity index (χ2n) is 7.42. The van der Waals surface area contributed by atoms with Gasteiger partial charge >= 0.3 is 0 Å². The van der Waals surface area contributed by atoms with Crippen LogP contribution >= 0.6 is 0 Å². The van der Waals surface area contributed by atoms with Gasteiger partial charge in [-0.05, 0) is 13.3 Å². The summed E-state index contributed by atoms with van der Waals surface area (Å²) in [5.74, 6) is 0. The van der Waals surface area contributed by atoms with Gasteiger partial charge in [0.25, 0.3) is 0 Å². The molecule has 136 valence electrons. The van der Waals surface area contributed by atoms with E-state index in [2.05, 4.69) is 6.58 Å². The molecule has 3 aliphatic rings. The molecule has 0 spiro atoms. The monoisotopic (exact) mass is 346 g/mol. The van der Waals surface area contributed by atoms with Gasteiger partial charge in [-0.25, -0.2) is 0 Å². The summed E-state index contributed by atoms with van der Waals surface area (Å²) in [5, 5.41) is 10.3. The van der Waals surface area contributed by atoms with Gasteiger partial charge in [0.1, 0.15) is 5.60 Å². The third kappa shape index (κ3) is 3.27. The number of hydrogen-bond acceptors (Lipinski definition) is 5. The Morgan fingerprint density at radius 2 is 2.00 bits per heavy atom. The van der Waals surface area contributed by atoms with Crippen LogP contribution < -0.4 is 0 Å². The first kappa shape index (κ1) is 17.2. The number of aliphatic hydroxyl groups is 1. The third-order valence-electron chi connectivity index (χ3n) is 5.50. The molecule has 3 fully saturated rings. The second-order valence-corrected chi connectivity index (χ2v) is 7.42. The topological polar surface area (TPSA) is 57.2 Å². The summed E-state index contributed by atoms with van der Waals surface area (Å²) in [7, 11) is 0. The van der Waals surface area contributed by atoms with Crippen molar-refractivity contribution in [3.05, 3.63) is 48.6 Å². The van der Waals surface area contributed by atoms with Gasteiger partial charge in [0.2, 0.25) is 0 Å². The van der Waals surface area contributed by atoms with Crippen molar-refractivity contribution in [2.75, 3.05) is 6.61 Å². The summed E-state index contributed by atoms with van der Waals surface area (Å²) in [6.07, 6.45) is 2.34. The Bertz CT molecular complexity index is 605. The van der Waals surface area contributed by atoms with Crippen LogP contribution in [-0.2, 0) is 18.9 Å². The van der Waals surface area contributed by atoms with Crippen LogP contribution in [0.5, 0.6) is 0 Å². The Morgan fingerprint density at radius 1 is 1.20 bits per heavy atom. The van der Waals surface area contributed by atoms with Crippen molar-refractivity contribution in [1.82, 2.24) is 0 Å². The zero-order valence-corrected chi connectivity index (χ0v) is 14.5. The molecule has 1 N–H and O–H groups in total. The minimum Gasteiger partial charge on any atom is -0.390 e. The van der Waals surface area contributed by atoms with Crippen molar-refractivity contribution in [1.29, 1.82) is 0 Å². The number of rotatable bonds is 3. The summed E-state index contributed by atoms with van der Waals surface area (Å²) in [6.45, 7) is 6.24. The van der Waals surface area contributed by atoms with E-state index in [0.29, 0.717) is 19.4 Å². The second kappa shape index (κ2) is 6.82. The van der Waals surface area contributed by atoms with E-state index in [-0.39, 0.29) is 30.7 Å². The molecule has 0 amide bonds. The standard InChI is InChI=1S/C20H26O5/c1-3-7-15-14(21)10-17-16(23-15)11-18-20(2,25-17)12-22-19(24-18)13-8-5-4-6-9-13/h3-6,8-9,14-19,21H,1,7,10-12H2,2H3/t14-,15+,16-,17+,18+,19-,20-/m1/s1. The van der Waals surface area contributed by atoms with E-state index in [1.807, 2.05) is 37.3 Å². The van der Waals surface area contributed by atoms with Crippen molar-refractivity contribution in [2.45, 2.75) is 68.6 Å². The molecule has 3 aliphatic heterocycles. The highest BCUT2D eigenvalue weighted by molar-refractivity contribution is 5.17. The van der Waals surface area contributed by atoms with Crippen molar-refractivity contribution in [3.63, 3.8) is 0 Å². The van der Waals surface area contributed by atoms with Crippen LogP contribution in [0, 0.1) is 0 Å². The fraction of sp³-hybridized carbons (Fsp3) is 0.600. The molecule has 7 atom stereocenters. The molecular weight excluding hydrogens is 320 g/mol. The molecule has 4 rings (SSSR count). The van der Waals surface area contributed by atoms with Crippen LogP contribution in [-0.4, -0.2) is 47.8 Å². The summed E-state index contributed by atoms with van der Waals surface area (Å²) < 4.78 is 24.6. The normalized spacial score (nSPS) is 43.8. The van der Waals surface area contributed by atoms with E-state index in [1.165, 1.54) is 0 Å². The smallest absolute Gasteiger partial charge is 0.184 e. The fourth-order valence-electron chi connectivity index (χ4n) is 4.08. The predicted octanol–water partition coefficient (Wildman–Crippen LogP) is 2.74. The molecule has 25 heavy (non-hydrogen) atoms. The number of fused-ring (bicyclic) bond motifs is 2. The molecule has 3 saturated heterocycles. The zero-order chi connectivity index (χ0) is 17.4. The number of hydrogen-bond donors (Lipinski definition) is 1. The number of benzene rings is 1. The Morgan fingerprint density at radius 3 is 2.76 bits per heavy atom. The minimum absolute atomic E-state index is 0.0686. The lowest BCUT2D eigenvalue weighted by molar-refractivity contribution is -0.353. The minimum atomic E-state index is -0.526. The zero-order valence-electron chi connectivity index (χ0n) is 14.5. The third-order valence-corrected chi connectivity index (χ3v) is 5.50. The summed E-state index contributed by atoms with van der Waals surface area (Å²) in [6, 6.07) is 9.95. The van der Waals surface area contributed by atoms with Crippen LogP contribution in [0.3, 0.4) is 0 Å². The molecule has 0 saturated carbocycles. The summed E-state index contributed by atoms with van der Waals surface area (Å²) in [4.78, 5) is 0. The first-order valence-electron chi connectivity index (χ1n) is 9.03. The Hall–Kier alpha value is -1.24. The largest absolute Gasteiger partial charge is 0.390 e. The highest BCUT2D eigenvalue weighted by Gasteiger charge is 2.53. The van der Waals surface area contributed by atoms with Gasteiger partial charge in [-0.15, -0.1) is 6.58 Å². The molecule has 0 bridgehead atoms. The molecule has 1 aromatic rings. The molecule has 0 aliphatic carbocycles. The van der Waals surface area contributed by atoms with E-state index >= 15 is 0 Å². The molecule has 3 heterocycles. The van der Waals surface area contributed by atoms with E-state index < -0.39 is 11.7 Å². The van der Waals surface area contributed by atoms with Crippen molar-refractivity contribution in [3.8, 4) is 0 Å². The van der Waals surface area contributed by atoms with Crippen LogP contribution in [0.1, 0.15) is 38.0 Å². The van der Waals surface area contributed by atoms with Crippen LogP contribution in [0.4, 0.5) is 0 Å². The molecule has 0 radical (unpaired) electrons. The molecule has 5 heteroatoms. The lowest BCUT2D eigenvalue weighted by atomic mass is 9.84. The van der Waals surface area contributed by atoms with Crippen LogP contribution in [0.2, 0.25) is 0 Å². The molecule has 5 nitrogen and oxygen atoms in total. The quantitative estimate of drug-likeness (QED) is 0.853. The summed E-state index contributed by atoms with van der Waals surface area (Å²) >= 11 is 0. The van der Waals surface area contributed by atoms with Crippen LogP contribution in [0.25, 0.3) is 0 Å². The van der Waals surface area contributed by atoms with Gasteiger partial charge in [-0.2, -0.15) is 0 Å². The maximum atomic E-state index is 10.3. The highest BCUT2D eigenvalue weighted by Crippen LogP contribution is 2.43. The highest BCUT2D eigenvalue weighted by atomic mass is 16.7. The van der Waals surface area contributed by atoms with Gasteiger partial charge in [0.05, 0.1) is 37.1 Å². The first-order chi connectivity index (χ1) is 12.1. The Balaban J connectivity index is 1.48. The van der Waals surface area contributed by atoms with Gasteiger partial charge in [-0.1, -0.05) is 36.4 Å². The van der Waals surface area contributed by atoms with Gasteiger partial charge in [0.15, 0.2) is 6.29 Å². The Labute approximate surface area is 148 Å². The lowest BCUT2D eigenvalue weighted by Gasteiger charge is -2.53. The predicted molar refractivity (Wildman–Crippen MR) is 92.0 cm³/mol. The lowest BCUT2D eigenvalue weighted by Crippen LogP contribution is -2.64. The van der Waals surface area contributed by atoms with Gasteiger partial charge in [0, 0.05) is 18.4 Å². The van der Waals surface area contributed by atoms with Crippen LogP contribution in [0.15, 0.2) is 43.0 Å². The van der Waals surface area contributed by atoms with Gasteiger partial charge in [-0.3, -0.25) is 0 Å². The molecule has 0 unspecified atom stereocenters. The van der Waals surface area contributed by atoms with Crippen molar-refractivity contribution < 1.29 is 24.1 Å². The SMILES string of the molecule is C=CC[C@@H]1O[C@@H]2C[C@@H]3O[C@H](c4ccccc4)OC[C@@]3(C)O[C@H]2C[C@H]1O. The van der Waals surface area contributed by atoms with Crippen molar-refractivity contribution >= 4 is 0 Å². The average molecular weight is 346 g/mol. The molecular formula is C20H26O5. The Kier molecular flexibility index (Phi) is 4.69. The summed E-state index contributed by atoms with van der Waals surface area (Å²) in [5.41, 5.74) is 0.497. The molecule has 1 aromatic carbocycles. The van der Waals surface area contributed by atoms with Crippen molar-refractivity contribution in [2.24, 2.45) is 0 Å². The van der Waals surface area contributed by atoms with E-state index in [4.69, 9.17) is 18.9 Å². The first-order valence-corrected chi connectivity index (χ1v) is 9.03. The van der Waals surface area contributed by atoms with E-state index in [1.54, 1.807) is 6.08 Å². The average Bonchev–Trinajstić information content (AvgIpc) is 2.61. The fourth-order valence-corrected chi connectivity index (χ4v) is 4.08. The maximum Gasteiger partial charge on any atom is 0.184 e. The number of ether oxygens (including phenoxy) is 4. The van der Waals surface area contributed by atoms with E-state index in [0.717, 1.165) is 12.0 Å². The van der Waals surface area contributed by atoms with Gasteiger partial charge < -0.3 is 24.1 Å². The maximum absolute atomic E-state index is 10.3. The molecule has 0 aromatic heterocycles. The number of aliphatic hydroxyl groups excluding tert-OH is 1. The van der Waals surface area contributed by atoms with E-state index in [9.17, 15) is 5.11 Å².